The largest absolute Gasteiger partial charge is 0.347 e. The van der Waals surface area contributed by atoms with Crippen molar-refractivity contribution < 1.29 is 9.59 Å². The number of thioether (sulfide) groups is 1. The number of nitrogens with two attached hydrogens (primary N) is 1. The van der Waals surface area contributed by atoms with Crippen LogP contribution in [0.15, 0.2) is 35.2 Å². The fourth-order valence-corrected chi connectivity index (χ4v) is 1.60. The van der Waals surface area contributed by atoms with E-state index >= 15 is 0 Å². The maximum absolute atomic E-state index is 11.3. The number of amides is 1. The molecule has 0 heterocycles. The summed E-state index contributed by atoms with van der Waals surface area (Å²) < 4.78 is 0. The molecule has 0 atom stereocenters. The lowest BCUT2D eigenvalue weighted by Gasteiger charge is -2.02. The monoisotopic (exact) mass is 224 g/mol. The first-order valence-electron chi connectivity index (χ1n) is 4.45. The molecule has 0 aliphatic heterocycles. The van der Waals surface area contributed by atoms with Crippen LogP contribution in [0.3, 0.4) is 0 Å². The summed E-state index contributed by atoms with van der Waals surface area (Å²) in [6, 6.07) is 9.27. The Balaban J connectivity index is 2.34. The highest BCUT2D eigenvalue weighted by Crippen LogP contribution is 2.16. The van der Waals surface area contributed by atoms with Gasteiger partial charge in [0.05, 0.1) is 13.1 Å². The van der Waals surface area contributed by atoms with E-state index in [0.29, 0.717) is 0 Å². The van der Waals surface area contributed by atoms with Gasteiger partial charge in [-0.3, -0.25) is 9.59 Å². The Morgan fingerprint density at radius 3 is 2.53 bits per heavy atom. The van der Waals surface area contributed by atoms with Crippen LogP contribution in [0.4, 0.5) is 0 Å². The van der Waals surface area contributed by atoms with Crippen molar-refractivity contribution in [2.24, 2.45) is 5.73 Å². The van der Waals surface area contributed by atoms with Gasteiger partial charge in [-0.2, -0.15) is 0 Å². The third-order valence-corrected chi connectivity index (χ3v) is 2.47. The van der Waals surface area contributed by atoms with E-state index in [1.54, 1.807) is 0 Å². The second kappa shape index (κ2) is 6.21. The molecular formula is C10H12N2O2S. The number of hydrogen-bond acceptors (Lipinski definition) is 4. The molecule has 0 bridgehead atoms. The van der Waals surface area contributed by atoms with Gasteiger partial charge in [0.25, 0.3) is 0 Å². The molecule has 1 aromatic rings. The summed E-state index contributed by atoms with van der Waals surface area (Å²) in [6.45, 7) is -0.0844. The average molecular weight is 224 g/mol. The van der Waals surface area contributed by atoms with Crippen molar-refractivity contribution in [2.45, 2.75) is 4.90 Å². The summed E-state index contributed by atoms with van der Waals surface area (Å²) in [5.74, 6) is -0.322. The fourth-order valence-electron chi connectivity index (χ4n) is 0.899. The van der Waals surface area contributed by atoms with E-state index in [1.165, 1.54) is 0 Å². The van der Waals surface area contributed by atoms with Crippen LogP contribution in [0.1, 0.15) is 0 Å². The molecule has 0 aliphatic carbocycles. The van der Waals surface area contributed by atoms with Crippen LogP contribution in [0.25, 0.3) is 0 Å². The molecule has 4 nitrogen and oxygen atoms in total. The Kier molecular flexibility index (Phi) is 4.86. The minimum atomic E-state index is -0.322. The van der Waals surface area contributed by atoms with E-state index < -0.39 is 0 Å². The first-order chi connectivity index (χ1) is 7.22. The summed E-state index contributed by atoms with van der Waals surface area (Å²) >= 11 is 1.10. The number of carbonyl (C=O) groups excluding carboxylic acids is 2. The number of rotatable bonds is 4. The van der Waals surface area contributed by atoms with Crippen molar-refractivity contribution in [3.8, 4) is 0 Å². The van der Waals surface area contributed by atoms with Crippen LogP contribution >= 0.6 is 11.8 Å². The number of hydrogen-bond donors (Lipinski definition) is 2. The Hall–Kier alpha value is -1.33. The summed E-state index contributed by atoms with van der Waals surface area (Å²) in [6.07, 6.45) is 0. The minimum absolute atomic E-state index is 0.00952. The Labute approximate surface area is 92.2 Å². The van der Waals surface area contributed by atoms with Crippen LogP contribution in [0, 0.1) is 0 Å². The van der Waals surface area contributed by atoms with Crippen molar-refractivity contribution in [1.82, 2.24) is 5.32 Å². The van der Waals surface area contributed by atoms with E-state index in [-0.39, 0.29) is 24.1 Å². The zero-order valence-corrected chi connectivity index (χ0v) is 8.92. The summed E-state index contributed by atoms with van der Waals surface area (Å²) in [5, 5.41) is 2.31. The van der Waals surface area contributed by atoms with Crippen LogP contribution in [-0.2, 0) is 9.59 Å². The highest BCUT2D eigenvalue weighted by Gasteiger charge is 2.05. The first-order valence-corrected chi connectivity index (χ1v) is 5.26. The van der Waals surface area contributed by atoms with Crippen molar-refractivity contribution in [3.63, 3.8) is 0 Å². The van der Waals surface area contributed by atoms with Gasteiger partial charge in [0.15, 0.2) is 0 Å². The molecule has 0 saturated heterocycles. The SMILES string of the molecule is NCC(=O)NCC(=O)Sc1ccccc1. The normalized spacial score (nSPS) is 9.67. The second-order valence-corrected chi connectivity index (χ2v) is 3.90. The van der Waals surface area contributed by atoms with Crippen LogP contribution in [-0.4, -0.2) is 24.1 Å². The molecule has 0 aromatic heterocycles. The molecule has 0 saturated carbocycles. The second-order valence-electron chi connectivity index (χ2n) is 2.77. The van der Waals surface area contributed by atoms with Crippen LogP contribution in [0.2, 0.25) is 0 Å². The Morgan fingerprint density at radius 2 is 1.93 bits per heavy atom. The minimum Gasteiger partial charge on any atom is -0.347 e. The standard InChI is InChI=1S/C10H12N2O2S/c11-6-9(13)12-7-10(14)15-8-4-2-1-3-5-8/h1-5H,6-7,11H2,(H,12,13). The molecule has 0 spiro atoms. The molecule has 0 aliphatic rings. The predicted octanol–water partition coefficient (Wildman–Crippen LogP) is 0.380. The summed E-state index contributed by atoms with van der Waals surface area (Å²) in [5.41, 5.74) is 5.08. The molecule has 3 N–H and O–H groups in total. The van der Waals surface area contributed by atoms with E-state index in [9.17, 15) is 9.59 Å². The summed E-state index contributed by atoms with van der Waals surface area (Å²) in [7, 11) is 0. The molecule has 1 aromatic carbocycles. The van der Waals surface area contributed by atoms with Gasteiger partial charge in [0.2, 0.25) is 11.0 Å². The van der Waals surface area contributed by atoms with Gasteiger partial charge >= 0.3 is 0 Å². The van der Waals surface area contributed by atoms with Gasteiger partial charge in [0, 0.05) is 4.90 Å². The number of nitrogens with one attached hydrogen (secondary N) is 1. The molecule has 0 unspecified atom stereocenters. The van der Waals surface area contributed by atoms with Crippen molar-refractivity contribution in [3.05, 3.63) is 30.3 Å². The van der Waals surface area contributed by atoms with E-state index in [1.807, 2.05) is 30.3 Å². The molecule has 0 radical (unpaired) electrons. The average Bonchev–Trinajstić information content (AvgIpc) is 2.27. The topological polar surface area (TPSA) is 72.2 Å². The van der Waals surface area contributed by atoms with Gasteiger partial charge in [-0.15, -0.1) is 0 Å². The third kappa shape index (κ3) is 4.62. The van der Waals surface area contributed by atoms with E-state index in [4.69, 9.17) is 5.73 Å². The van der Waals surface area contributed by atoms with Gasteiger partial charge < -0.3 is 11.1 Å². The van der Waals surface area contributed by atoms with Gasteiger partial charge in [-0.05, 0) is 12.1 Å². The lowest BCUT2D eigenvalue weighted by Crippen LogP contribution is -2.33. The van der Waals surface area contributed by atoms with Crippen LogP contribution < -0.4 is 11.1 Å². The molecule has 5 heteroatoms. The molecular weight excluding hydrogens is 212 g/mol. The quantitative estimate of drug-likeness (QED) is 0.725. The zero-order valence-electron chi connectivity index (χ0n) is 8.10. The van der Waals surface area contributed by atoms with Crippen molar-refractivity contribution >= 4 is 22.8 Å². The first kappa shape index (κ1) is 11.7. The van der Waals surface area contributed by atoms with Crippen LogP contribution in [0.5, 0.6) is 0 Å². The smallest absolute Gasteiger partial charge is 0.234 e. The van der Waals surface area contributed by atoms with Crippen molar-refractivity contribution in [2.75, 3.05) is 13.1 Å². The lowest BCUT2D eigenvalue weighted by molar-refractivity contribution is -0.121. The van der Waals surface area contributed by atoms with Gasteiger partial charge in [-0.1, -0.05) is 30.0 Å². The molecule has 0 fully saturated rings. The molecule has 15 heavy (non-hydrogen) atoms. The third-order valence-electron chi connectivity index (χ3n) is 1.59. The molecule has 80 valence electrons. The highest BCUT2D eigenvalue weighted by molar-refractivity contribution is 8.13. The number of carbonyl (C=O) groups is 2. The maximum atomic E-state index is 11.3. The Morgan fingerprint density at radius 1 is 1.27 bits per heavy atom. The number of benzene rings is 1. The highest BCUT2D eigenvalue weighted by atomic mass is 32.2. The molecule has 1 amide bonds. The predicted molar refractivity (Wildman–Crippen MR) is 59.4 cm³/mol. The van der Waals surface area contributed by atoms with Gasteiger partial charge in [0.1, 0.15) is 0 Å². The molecule has 1 rings (SSSR count). The maximum Gasteiger partial charge on any atom is 0.234 e. The van der Waals surface area contributed by atoms with E-state index in [2.05, 4.69) is 5.32 Å². The lowest BCUT2D eigenvalue weighted by atomic mass is 10.4. The fraction of sp³-hybridized carbons (Fsp3) is 0.200. The van der Waals surface area contributed by atoms with E-state index in [0.717, 1.165) is 16.7 Å². The van der Waals surface area contributed by atoms with Crippen molar-refractivity contribution in [1.29, 1.82) is 0 Å². The zero-order chi connectivity index (χ0) is 11.1. The summed E-state index contributed by atoms with van der Waals surface area (Å²) in [4.78, 5) is 23.0. The Bertz CT molecular complexity index is 341. The van der Waals surface area contributed by atoms with Gasteiger partial charge in [-0.25, -0.2) is 0 Å².